The molecule has 2 aromatic heterocycles. The molecule has 0 aliphatic carbocycles. The third-order valence-corrected chi connectivity index (χ3v) is 2.19. The smallest absolute Gasteiger partial charge is 0.218 e. The molecule has 0 radical (unpaired) electrons. The summed E-state index contributed by atoms with van der Waals surface area (Å²) in [5.41, 5.74) is 1.09. The Morgan fingerprint density at radius 2 is 2.35 bits per heavy atom. The molecule has 0 atom stereocenters. The van der Waals surface area contributed by atoms with Gasteiger partial charge in [-0.2, -0.15) is 0 Å². The Balaban J connectivity index is 1.84. The molecule has 90 valence electrons. The standard InChI is InChI=1S/C11H15N5O/c1-2-17-11-5-10(15-8-16-11)13-4-3-9-6-12-7-14-9/h5-8H,2-4H2,1H3,(H,12,14)(H,13,15,16). The van der Waals surface area contributed by atoms with E-state index in [4.69, 9.17) is 4.74 Å². The van der Waals surface area contributed by atoms with E-state index in [-0.39, 0.29) is 0 Å². The third-order valence-electron chi connectivity index (χ3n) is 2.19. The normalized spacial score (nSPS) is 10.2. The predicted octanol–water partition coefficient (Wildman–Crippen LogP) is 1.25. The molecule has 2 aromatic rings. The van der Waals surface area contributed by atoms with Gasteiger partial charge in [-0.15, -0.1) is 0 Å². The molecule has 0 bridgehead atoms. The second kappa shape index (κ2) is 5.83. The van der Waals surface area contributed by atoms with Gasteiger partial charge in [-0.1, -0.05) is 0 Å². The van der Waals surface area contributed by atoms with E-state index in [0.717, 1.165) is 24.5 Å². The SMILES string of the molecule is CCOc1cc(NCCc2cnc[nH]2)ncn1. The van der Waals surface area contributed by atoms with Crippen molar-refractivity contribution in [3.8, 4) is 5.88 Å². The molecule has 0 amide bonds. The third kappa shape index (κ3) is 3.44. The molecule has 17 heavy (non-hydrogen) atoms. The van der Waals surface area contributed by atoms with Crippen LogP contribution < -0.4 is 10.1 Å². The number of hydrogen-bond acceptors (Lipinski definition) is 5. The van der Waals surface area contributed by atoms with Gasteiger partial charge >= 0.3 is 0 Å². The van der Waals surface area contributed by atoms with Crippen molar-refractivity contribution in [3.63, 3.8) is 0 Å². The van der Waals surface area contributed by atoms with Crippen LogP contribution in [0.2, 0.25) is 0 Å². The fourth-order valence-corrected chi connectivity index (χ4v) is 1.41. The first-order valence-corrected chi connectivity index (χ1v) is 5.54. The van der Waals surface area contributed by atoms with E-state index < -0.39 is 0 Å². The Morgan fingerprint density at radius 1 is 1.41 bits per heavy atom. The number of hydrogen-bond donors (Lipinski definition) is 2. The van der Waals surface area contributed by atoms with Crippen LogP contribution in [-0.4, -0.2) is 33.1 Å². The quantitative estimate of drug-likeness (QED) is 0.785. The minimum atomic E-state index is 0.589. The van der Waals surface area contributed by atoms with E-state index in [1.54, 1.807) is 12.4 Å². The molecular weight excluding hydrogens is 218 g/mol. The van der Waals surface area contributed by atoms with Gasteiger partial charge in [0.15, 0.2) is 0 Å². The molecule has 6 heteroatoms. The van der Waals surface area contributed by atoms with Gasteiger partial charge in [-0.25, -0.2) is 15.0 Å². The van der Waals surface area contributed by atoms with E-state index in [1.165, 1.54) is 6.33 Å². The molecule has 0 unspecified atom stereocenters. The fraction of sp³-hybridized carbons (Fsp3) is 0.364. The minimum absolute atomic E-state index is 0.589. The first kappa shape index (κ1) is 11.4. The summed E-state index contributed by atoms with van der Waals surface area (Å²) in [7, 11) is 0. The highest BCUT2D eigenvalue weighted by Crippen LogP contribution is 2.10. The zero-order chi connectivity index (χ0) is 11.9. The summed E-state index contributed by atoms with van der Waals surface area (Å²) in [6, 6.07) is 1.79. The van der Waals surface area contributed by atoms with Gasteiger partial charge in [0, 0.05) is 30.9 Å². The molecule has 0 aliphatic rings. The van der Waals surface area contributed by atoms with Crippen LogP contribution in [-0.2, 0) is 6.42 Å². The molecule has 0 aliphatic heterocycles. The van der Waals surface area contributed by atoms with Crippen molar-refractivity contribution in [2.45, 2.75) is 13.3 Å². The van der Waals surface area contributed by atoms with Gasteiger partial charge in [0.2, 0.25) is 5.88 Å². The van der Waals surface area contributed by atoms with Gasteiger partial charge in [-0.05, 0) is 6.92 Å². The molecule has 2 rings (SSSR count). The van der Waals surface area contributed by atoms with Crippen LogP contribution in [0.1, 0.15) is 12.6 Å². The van der Waals surface area contributed by atoms with E-state index in [2.05, 4.69) is 25.3 Å². The van der Waals surface area contributed by atoms with Crippen LogP contribution in [0.5, 0.6) is 5.88 Å². The highest BCUT2D eigenvalue weighted by Gasteiger charge is 1.99. The van der Waals surface area contributed by atoms with Gasteiger partial charge in [0.1, 0.15) is 12.1 Å². The number of aromatic nitrogens is 4. The number of aromatic amines is 1. The monoisotopic (exact) mass is 233 g/mol. The zero-order valence-electron chi connectivity index (χ0n) is 9.68. The number of H-pyrrole nitrogens is 1. The number of imidazole rings is 1. The van der Waals surface area contributed by atoms with Crippen LogP contribution in [0, 0.1) is 0 Å². The second-order valence-corrected chi connectivity index (χ2v) is 3.43. The van der Waals surface area contributed by atoms with Crippen LogP contribution >= 0.6 is 0 Å². The largest absolute Gasteiger partial charge is 0.478 e. The number of nitrogens with zero attached hydrogens (tertiary/aromatic N) is 3. The van der Waals surface area contributed by atoms with Crippen LogP contribution in [0.15, 0.2) is 24.9 Å². The Hall–Kier alpha value is -2.11. The van der Waals surface area contributed by atoms with Crippen LogP contribution in [0.3, 0.4) is 0 Å². The molecule has 2 heterocycles. The highest BCUT2D eigenvalue weighted by atomic mass is 16.5. The van der Waals surface area contributed by atoms with E-state index in [1.807, 2.05) is 13.1 Å². The van der Waals surface area contributed by atoms with Crippen molar-refractivity contribution in [3.05, 3.63) is 30.6 Å². The van der Waals surface area contributed by atoms with E-state index in [0.29, 0.717) is 12.5 Å². The first-order chi connectivity index (χ1) is 8.38. The van der Waals surface area contributed by atoms with Crippen LogP contribution in [0.25, 0.3) is 0 Å². The van der Waals surface area contributed by atoms with E-state index >= 15 is 0 Å². The Labute approximate surface area is 99.5 Å². The topological polar surface area (TPSA) is 75.7 Å². The molecule has 0 saturated carbocycles. The van der Waals surface area contributed by atoms with Gasteiger partial charge in [0.05, 0.1) is 12.9 Å². The maximum atomic E-state index is 5.29. The zero-order valence-corrected chi connectivity index (χ0v) is 9.68. The van der Waals surface area contributed by atoms with Crippen LogP contribution in [0.4, 0.5) is 5.82 Å². The molecule has 0 saturated heterocycles. The summed E-state index contributed by atoms with van der Waals surface area (Å²) < 4.78 is 5.29. The van der Waals surface area contributed by atoms with Crippen molar-refractivity contribution < 1.29 is 4.74 Å². The number of ether oxygens (including phenoxy) is 1. The summed E-state index contributed by atoms with van der Waals surface area (Å²) >= 11 is 0. The Morgan fingerprint density at radius 3 is 3.12 bits per heavy atom. The van der Waals surface area contributed by atoms with Crippen molar-refractivity contribution in [2.24, 2.45) is 0 Å². The highest BCUT2D eigenvalue weighted by molar-refractivity contribution is 5.37. The maximum absolute atomic E-state index is 5.29. The molecule has 0 aromatic carbocycles. The lowest BCUT2D eigenvalue weighted by Gasteiger charge is -2.06. The molecule has 0 fully saturated rings. The van der Waals surface area contributed by atoms with Gasteiger partial charge in [0.25, 0.3) is 0 Å². The fourth-order valence-electron chi connectivity index (χ4n) is 1.41. The van der Waals surface area contributed by atoms with E-state index in [9.17, 15) is 0 Å². The number of nitrogens with one attached hydrogen (secondary N) is 2. The lowest BCUT2D eigenvalue weighted by molar-refractivity contribution is 0.326. The second-order valence-electron chi connectivity index (χ2n) is 3.43. The van der Waals surface area contributed by atoms with Crippen molar-refractivity contribution in [2.75, 3.05) is 18.5 Å². The van der Waals surface area contributed by atoms with Crippen molar-refractivity contribution in [1.29, 1.82) is 0 Å². The van der Waals surface area contributed by atoms with Gasteiger partial charge < -0.3 is 15.0 Å². The predicted molar refractivity (Wildman–Crippen MR) is 64.0 cm³/mol. The lowest BCUT2D eigenvalue weighted by Crippen LogP contribution is -2.07. The summed E-state index contributed by atoms with van der Waals surface area (Å²) in [6.45, 7) is 3.31. The summed E-state index contributed by atoms with van der Waals surface area (Å²) in [5.74, 6) is 1.36. The molecule has 6 nitrogen and oxygen atoms in total. The van der Waals surface area contributed by atoms with Crippen molar-refractivity contribution in [1.82, 2.24) is 19.9 Å². The number of rotatable bonds is 6. The minimum Gasteiger partial charge on any atom is -0.478 e. The average Bonchev–Trinajstić information content (AvgIpc) is 2.83. The van der Waals surface area contributed by atoms with Gasteiger partial charge in [-0.3, -0.25) is 0 Å². The Bertz CT molecular complexity index is 443. The molecular formula is C11H15N5O. The molecule has 0 spiro atoms. The molecule has 2 N–H and O–H groups in total. The average molecular weight is 233 g/mol. The first-order valence-electron chi connectivity index (χ1n) is 5.54. The maximum Gasteiger partial charge on any atom is 0.218 e. The Kier molecular flexibility index (Phi) is 3.90. The lowest BCUT2D eigenvalue weighted by atomic mass is 10.3. The summed E-state index contributed by atoms with van der Waals surface area (Å²) in [5, 5.41) is 3.20. The van der Waals surface area contributed by atoms with Crippen molar-refractivity contribution >= 4 is 5.82 Å². The summed E-state index contributed by atoms with van der Waals surface area (Å²) in [6.07, 6.45) is 5.85. The summed E-state index contributed by atoms with van der Waals surface area (Å²) in [4.78, 5) is 15.1. The number of anilines is 1.